The zero-order valence-corrected chi connectivity index (χ0v) is 18.3. The average molecular weight is 472 g/mol. The van der Waals surface area contributed by atoms with Crippen LogP contribution in [0.1, 0.15) is 25.2 Å². The summed E-state index contributed by atoms with van der Waals surface area (Å²) in [4.78, 5) is 6.83. The van der Waals surface area contributed by atoms with Crippen molar-refractivity contribution in [2.24, 2.45) is 4.99 Å². The first kappa shape index (κ1) is 22.2. The number of rotatable bonds is 8. The first-order valence-electron chi connectivity index (χ1n) is 8.67. The molecule has 0 unspecified atom stereocenters. The number of nitrogens with zero attached hydrogens (tertiary/aromatic N) is 5. The van der Waals surface area contributed by atoms with E-state index in [4.69, 9.17) is 9.73 Å². The van der Waals surface area contributed by atoms with Crippen LogP contribution in [-0.4, -0.2) is 52.9 Å². The van der Waals surface area contributed by atoms with Crippen molar-refractivity contribution in [2.45, 2.75) is 33.4 Å². The van der Waals surface area contributed by atoms with E-state index in [1.165, 1.54) is 0 Å². The number of hydrogen-bond acceptors (Lipinski definition) is 4. The van der Waals surface area contributed by atoms with Gasteiger partial charge < -0.3 is 19.5 Å². The molecule has 26 heavy (non-hydrogen) atoms. The van der Waals surface area contributed by atoms with Gasteiger partial charge in [0, 0.05) is 38.7 Å². The summed E-state index contributed by atoms with van der Waals surface area (Å²) < 4.78 is 7.49. The molecule has 0 saturated heterocycles. The SMILES string of the molecule is CCNC(=NCCn1cnnc1CC)N(C)Cc1ccccc1OC.I. The van der Waals surface area contributed by atoms with E-state index in [-0.39, 0.29) is 24.0 Å². The molecular formula is C18H29IN6O. The summed E-state index contributed by atoms with van der Waals surface area (Å²) in [7, 11) is 3.73. The lowest BCUT2D eigenvalue weighted by Crippen LogP contribution is -2.38. The molecule has 1 aromatic carbocycles. The highest BCUT2D eigenvalue weighted by atomic mass is 127. The number of aromatic nitrogens is 3. The van der Waals surface area contributed by atoms with Crippen LogP contribution < -0.4 is 10.1 Å². The number of nitrogens with one attached hydrogen (secondary N) is 1. The first-order valence-corrected chi connectivity index (χ1v) is 8.67. The fraction of sp³-hybridized carbons (Fsp3) is 0.500. The number of benzene rings is 1. The summed E-state index contributed by atoms with van der Waals surface area (Å²) in [5, 5.41) is 11.4. The maximum Gasteiger partial charge on any atom is 0.194 e. The van der Waals surface area contributed by atoms with E-state index in [2.05, 4.69) is 40.3 Å². The number of hydrogen-bond donors (Lipinski definition) is 1. The van der Waals surface area contributed by atoms with E-state index in [9.17, 15) is 0 Å². The number of halogens is 1. The zero-order chi connectivity index (χ0) is 18.1. The molecule has 2 aromatic rings. The number of guanidine groups is 1. The van der Waals surface area contributed by atoms with Gasteiger partial charge in [-0.25, -0.2) is 0 Å². The minimum atomic E-state index is 0. The standard InChI is InChI=1S/C18H28N6O.HI/c1-5-17-22-21-14-24(17)12-11-20-18(19-6-2)23(3)13-15-9-7-8-10-16(15)25-4;/h7-10,14H,5-6,11-13H2,1-4H3,(H,19,20);1H. The number of methoxy groups -OCH3 is 1. The molecule has 0 aliphatic heterocycles. The fourth-order valence-corrected chi connectivity index (χ4v) is 2.64. The molecule has 1 N–H and O–H groups in total. The number of para-hydroxylation sites is 1. The number of ether oxygens (including phenoxy) is 1. The van der Waals surface area contributed by atoms with E-state index in [0.29, 0.717) is 6.54 Å². The summed E-state index contributed by atoms with van der Waals surface area (Å²) in [5.41, 5.74) is 1.13. The Balaban J connectivity index is 0.00000338. The van der Waals surface area contributed by atoms with Gasteiger partial charge in [-0.1, -0.05) is 25.1 Å². The predicted molar refractivity (Wildman–Crippen MR) is 115 cm³/mol. The topological polar surface area (TPSA) is 67.6 Å². The van der Waals surface area contributed by atoms with Gasteiger partial charge in [0.15, 0.2) is 5.96 Å². The Morgan fingerprint density at radius 2 is 2.08 bits per heavy atom. The molecule has 1 heterocycles. The predicted octanol–water partition coefficient (Wildman–Crippen LogP) is 2.56. The first-order chi connectivity index (χ1) is 12.2. The zero-order valence-electron chi connectivity index (χ0n) is 16.0. The number of aliphatic imine (C=N–C) groups is 1. The van der Waals surface area contributed by atoms with Gasteiger partial charge in [-0.3, -0.25) is 4.99 Å². The maximum atomic E-state index is 5.44. The highest BCUT2D eigenvalue weighted by Gasteiger charge is 2.10. The third-order valence-corrected chi connectivity index (χ3v) is 3.91. The molecule has 0 aliphatic carbocycles. The summed E-state index contributed by atoms with van der Waals surface area (Å²) in [6.07, 6.45) is 2.64. The molecule has 0 spiro atoms. The van der Waals surface area contributed by atoms with E-state index in [0.717, 1.165) is 49.2 Å². The van der Waals surface area contributed by atoms with Gasteiger partial charge in [0.2, 0.25) is 0 Å². The van der Waals surface area contributed by atoms with Crippen LogP contribution in [0.5, 0.6) is 5.75 Å². The van der Waals surface area contributed by atoms with Gasteiger partial charge in [0.25, 0.3) is 0 Å². The van der Waals surface area contributed by atoms with E-state index < -0.39 is 0 Å². The molecule has 144 valence electrons. The van der Waals surface area contributed by atoms with Crippen LogP contribution in [-0.2, 0) is 19.5 Å². The van der Waals surface area contributed by atoms with E-state index in [1.807, 2.05) is 29.8 Å². The Kier molecular flexibility index (Phi) is 10.0. The number of aryl methyl sites for hydroxylation is 1. The van der Waals surface area contributed by atoms with Crippen molar-refractivity contribution in [2.75, 3.05) is 27.2 Å². The van der Waals surface area contributed by atoms with Crippen LogP contribution in [0.3, 0.4) is 0 Å². The maximum absolute atomic E-state index is 5.44. The van der Waals surface area contributed by atoms with Crippen molar-refractivity contribution in [1.29, 1.82) is 0 Å². The van der Waals surface area contributed by atoms with Crippen molar-refractivity contribution < 1.29 is 4.74 Å². The highest BCUT2D eigenvalue weighted by molar-refractivity contribution is 14.0. The monoisotopic (exact) mass is 472 g/mol. The van der Waals surface area contributed by atoms with Crippen molar-refractivity contribution in [3.63, 3.8) is 0 Å². The minimum absolute atomic E-state index is 0. The van der Waals surface area contributed by atoms with Gasteiger partial charge in [-0.15, -0.1) is 34.2 Å². The van der Waals surface area contributed by atoms with Crippen molar-refractivity contribution in [3.8, 4) is 5.75 Å². The highest BCUT2D eigenvalue weighted by Crippen LogP contribution is 2.18. The smallest absolute Gasteiger partial charge is 0.194 e. The van der Waals surface area contributed by atoms with Crippen LogP contribution in [0.2, 0.25) is 0 Å². The second-order valence-corrected chi connectivity index (χ2v) is 5.70. The van der Waals surface area contributed by atoms with Crippen LogP contribution in [0.25, 0.3) is 0 Å². The van der Waals surface area contributed by atoms with Gasteiger partial charge >= 0.3 is 0 Å². The van der Waals surface area contributed by atoms with Crippen LogP contribution in [0, 0.1) is 0 Å². The molecule has 0 amide bonds. The Morgan fingerprint density at radius 1 is 1.31 bits per heavy atom. The lowest BCUT2D eigenvalue weighted by atomic mass is 10.2. The molecule has 0 fully saturated rings. The Morgan fingerprint density at radius 3 is 2.77 bits per heavy atom. The van der Waals surface area contributed by atoms with Crippen LogP contribution in [0.15, 0.2) is 35.6 Å². The van der Waals surface area contributed by atoms with Crippen LogP contribution >= 0.6 is 24.0 Å². The van der Waals surface area contributed by atoms with Crippen LogP contribution in [0.4, 0.5) is 0 Å². The summed E-state index contributed by atoms with van der Waals surface area (Å²) >= 11 is 0. The Bertz CT molecular complexity index is 688. The summed E-state index contributed by atoms with van der Waals surface area (Å²) in [5.74, 6) is 2.75. The van der Waals surface area contributed by atoms with Crippen molar-refractivity contribution in [3.05, 3.63) is 42.0 Å². The second-order valence-electron chi connectivity index (χ2n) is 5.70. The average Bonchev–Trinajstić information content (AvgIpc) is 3.09. The van der Waals surface area contributed by atoms with E-state index >= 15 is 0 Å². The molecule has 7 nitrogen and oxygen atoms in total. The summed E-state index contributed by atoms with van der Waals surface area (Å²) in [6.45, 7) is 7.14. The molecule has 0 atom stereocenters. The lowest BCUT2D eigenvalue weighted by molar-refractivity contribution is 0.396. The third kappa shape index (κ3) is 6.15. The molecule has 0 aliphatic rings. The van der Waals surface area contributed by atoms with Gasteiger partial charge in [0.1, 0.15) is 17.9 Å². The van der Waals surface area contributed by atoms with Gasteiger partial charge in [-0.05, 0) is 13.0 Å². The normalized spacial score (nSPS) is 11.0. The lowest BCUT2D eigenvalue weighted by Gasteiger charge is -2.23. The third-order valence-electron chi connectivity index (χ3n) is 3.91. The molecule has 0 saturated carbocycles. The molecular weight excluding hydrogens is 443 g/mol. The molecule has 2 rings (SSSR count). The Hall–Kier alpha value is -1.84. The van der Waals surface area contributed by atoms with Crippen molar-refractivity contribution >= 4 is 29.9 Å². The van der Waals surface area contributed by atoms with E-state index in [1.54, 1.807) is 13.4 Å². The largest absolute Gasteiger partial charge is 0.496 e. The van der Waals surface area contributed by atoms with Gasteiger partial charge in [-0.2, -0.15) is 0 Å². The summed E-state index contributed by atoms with van der Waals surface area (Å²) in [6, 6.07) is 8.05. The fourth-order valence-electron chi connectivity index (χ4n) is 2.64. The second kappa shape index (κ2) is 11.7. The molecule has 1 aromatic heterocycles. The molecule has 0 bridgehead atoms. The quantitative estimate of drug-likeness (QED) is 0.364. The molecule has 8 heteroatoms. The van der Waals surface area contributed by atoms with Crippen molar-refractivity contribution in [1.82, 2.24) is 25.0 Å². The molecule has 0 radical (unpaired) electrons. The Labute approximate surface area is 172 Å². The van der Waals surface area contributed by atoms with Gasteiger partial charge in [0.05, 0.1) is 13.7 Å². The minimum Gasteiger partial charge on any atom is -0.496 e.